The van der Waals surface area contributed by atoms with Gasteiger partial charge in [0.1, 0.15) is 17.3 Å². The summed E-state index contributed by atoms with van der Waals surface area (Å²) in [5.74, 6) is 1.96. The lowest BCUT2D eigenvalue weighted by Gasteiger charge is -2.06. The van der Waals surface area contributed by atoms with Crippen molar-refractivity contribution in [2.75, 3.05) is 5.73 Å². The van der Waals surface area contributed by atoms with E-state index in [2.05, 4.69) is 42.7 Å². The second kappa shape index (κ2) is 4.72. The van der Waals surface area contributed by atoms with Gasteiger partial charge in [-0.05, 0) is 24.8 Å². The van der Waals surface area contributed by atoms with Crippen LogP contribution in [0.25, 0.3) is 11.3 Å². The Bertz CT molecular complexity index is 577. The molecule has 0 radical (unpaired) electrons. The van der Waals surface area contributed by atoms with E-state index in [1.165, 1.54) is 18.4 Å². The van der Waals surface area contributed by atoms with Gasteiger partial charge in [0.25, 0.3) is 0 Å². The zero-order valence-electron chi connectivity index (χ0n) is 11.7. The average Bonchev–Trinajstić information content (AvgIpc) is 3.23. The van der Waals surface area contributed by atoms with Crippen molar-refractivity contribution in [3.05, 3.63) is 35.7 Å². The first kappa shape index (κ1) is 12.3. The lowest BCUT2D eigenvalue weighted by atomic mass is 10.1. The summed E-state index contributed by atoms with van der Waals surface area (Å²) in [6, 6.07) is 9.18. The third-order valence-electron chi connectivity index (χ3n) is 3.88. The van der Waals surface area contributed by atoms with Crippen molar-refractivity contribution >= 4 is 5.82 Å². The molecule has 1 aromatic carbocycles. The topological polar surface area (TPSA) is 43.8 Å². The van der Waals surface area contributed by atoms with Crippen molar-refractivity contribution in [3.8, 4) is 11.3 Å². The van der Waals surface area contributed by atoms with E-state index in [-0.39, 0.29) is 0 Å². The molecule has 1 aliphatic rings. The quantitative estimate of drug-likeness (QED) is 0.907. The van der Waals surface area contributed by atoms with E-state index >= 15 is 0 Å². The van der Waals surface area contributed by atoms with Crippen LogP contribution < -0.4 is 5.73 Å². The van der Waals surface area contributed by atoms with Crippen LogP contribution >= 0.6 is 0 Å². The van der Waals surface area contributed by atoms with Gasteiger partial charge in [-0.3, -0.25) is 0 Å². The first-order chi connectivity index (χ1) is 9.24. The van der Waals surface area contributed by atoms with E-state index in [1.54, 1.807) is 0 Å². The molecule has 2 N–H and O–H groups in total. The van der Waals surface area contributed by atoms with E-state index in [0.29, 0.717) is 6.04 Å². The molecule has 0 saturated heterocycles. The van der Waals surface area contributed by atoms with Gasteiger partial charge < -0.3 is 10.3 Å². The van der Waals surface area contributed by atoms with Crippen molar-refractivity contribution in [2.24, 2.45) is 0 Å². The summed E-state index contributed by atoms with van der Waals surface area (Å²) in [5, 5.41) is 0. The number of hydrogen-bond acceptors (Lipinski definition) is 2. The van der Waals surface area contributed by atoms with Gasteiger partial charge in [0.2, 0.25) is 0 Å². The molecule has 3 rings (SSSR count). The predicted octanol–water partition coefficient (Wildman–Crippen LogP) is 3.59. The summed E-state index contributed by atoms with van der Waals surface area (Å²) in [6.45, 7) is 4.31. The summed E-state index contributed by atoms with van der Waals surface area (Å²) in [6.07, 6.45) is 4.48. The number of aromatic nitrogens is 2. The molecule has 3 nitrogen and oxygen atoms in total. The summed E-state index contributed by atoms with van der Waals surface area (Å²) in [5.41, 5.74) is 9.75. The Kier molecular flexibility index (Phi) is 3.05. The molecular weight excluding hydrogens is 234 g/mol. The molecular formula is C16H21N3. The van der Waals surface area contributed by atoms with Crippen LogP contribution in [0.4, 0.5) is 5.82 Å². The number of rotatable bonds is 4. The van der Waals surface area contributed by atoms with Gasteiger partial charge in [-0.15, -0.1) is 0 Å². The minimum atomic E-state index is 0.589. The van der Waals surface area contributed by atoms with Crippen LogP contribution in [0.1, 0.15) is 44.1 Å². The fraction of sp³-hybridized carbons (Fsp3) is 0.438. The number of nitrogens with zero attached hydrogens (tertiary/aromatic N) is 2. The largest absolute Gasteiger partial charge is 0.383 e. The highest BCUT2D eigenvalue weighted by atomic mass is 15.2. The Morgan fingerprint density at radius 1 is 1.16 bits per heavy atom. The summed E-state index contributed by atoms with van der Waals surface area (Å²) in [4.78, 5) is 4.75. The van der Waals surface area contributed by atoms with Crippen molar-refractivity contribution in [1.82, 2.24) is 9.55 Å². The molecule has 0 spiro atoms. The highest BCUT2D eigenvalue weighted by molar-refractivity contribution is 5.71. The molecule has 1 heterocycles. The lowest BCUT2D eigenvalue weighted by molar-refractivity contribution is 0.696. The van der Waals surface area contributed by atoms with Gasteiger partial charge in [0.05, 0.1) is 0 Å². The van der Waals surface area contributed by atoms with E-state index in [1.807, 2.05) is 0 Å². The molecule has 0 unspecified atom stereocenters. The molecule has 0 aliphatic heterocycles. The highest BCUT2D eigenvalue weighted by Gasteiger charge is 2.29. The van der Waals surface area contributed by atoms with Crippen molar-refractivity contribution < 1.29 is 0 Å². The Morgan fingerprint density at radius 2 is 1.84 bits per heavy atom. The Hall–Kier alpha value is -1.77. The molecule has 0 amide bonds. The van der Waals surface area contributed by atoms with Crippen LogP contribution in [0, 0.1) is 0 Å². The average molecular weight is 255 g/mol. The Balaban J connectivity index is 2.03. The zero-order chi connectivity index (χ0) is 13.4. The molecule has 100 valence electrons. The maximum Gasteiger partial charge on any atom is 0.131 e. The minimum absolute atomic E-state index is 0.589. The van der Waals surface area contributed by atoms with E-state index in [4.69, 9.17) is 10.7 Å². The maximum atomic E-state index is 6.32. The number of benzene rings is 1. The van der Waals surface area contributed by atoms with Crippen LogP contribution in [-0.4, -0.2) is 9.55 Å². The lowest BCUT2D eigenvalue weighted by Crippen LogP contribution is -2.04. The van der Waals surface area contributed by atoms with Gasteiger partial charge in [-0.25, -0.2) is 4.98 Å². The third kappa shape index (κ3) is 2.14. The number of nitrogen functional groups attached to an aromatic ring is 1. The van der Waals surface area contributed by atoms with Crippen LogP contribution in [-0.2, 0) is 12.8 Å². The Labute approximate surface area is 114 Å². The first-order valence-electron chi connectivity index (χ1n) is 7.20. The highest BCUT2D eigenvalue weighted by Crippen LogP contribution is 2.40. The second-order valence-corrected chi connectivity index (χ2v) is 5.27. The van der Waals surface area contributed by atoms with Crippen LogP contribution in [0.5, 0.6) is 0 Å². The van der Waals surface area contributed by atoms with Gasteiger partial charge in [0, 0.05) is 18.0 Å². The molecule has 19 heavy (non-hydrogen) atoms. The first-order valence-corrected chi connectivity index (χ1v) is 7.20. The molecule has 1 aliphatic carbocycles. The second-order valence-electron chi connectivity index (χ2n) is 5.27. The number of hydrogen-bond donors (Lipinski definition) is 1. The van der Waals surface area contributed by atoms with E-state index in [0.717, 1.165) is 35.7 Å². The summed E-state index contributed by atoms with van der Waals surface area (Å²) >= 11 is 0. The van der Waals surface area contributed by atoms with Crippen LogP contribution in [0.15, 0.2) is 24.3 Å². The predicted molar refractivity (Wildman–Crippen MR) is 79.1 cm³/mol. The standard InChI is InChI=1S/C16H21N3/c1-3-11-5-7-12(8-6-11)15-16(17)19(13-9-10-13)14(4-2)18-15/h5-8,13H,3-4,9-10,17H2,1-2H3. The van der Waals surface area contributed by atoms with Crippen molar-refractivity contribution in [1.29, 1.82) is 0 Å². The molecule has 1 fully saturated rings. The van der Waals surface area contributed by atoms with E-state index < -0.39 is 0 Å². The monoisotopic (exact) mass is 255 g/mol. The number of anilines is 1. The number of imidazole rings is 1. The molecule has 0 bridgehead atoms. The molecule has 1 aromatic heterocycles. The molecule has 2 aromatic rings. The summed E-state index contributed by atoms with van der Waals surface area (Å²) < 4.78 is 2.24. The van der Waals surface area contributed by atoms with Gasteiger partial charge in [-0.1, -0.05) is 38.1 Å². The fourth-order valence-electron chi connectivity index (χ4n) is 2.59. The smallest absolute Gasteiger partial charge is 0.131 e. The number of nitrogens with two attached hydrogens (primary N) is 1. The minimum Gasteiger partial charge on any atom is -0.383 e. The fourth-order valence-corrected chi connectivity index (χ4v) is 2.59. The van der Waals surface area contributed by atoms with Crippen LogP contribution in [0.3, 0.4) is 0 Å². The normalized spacial score (nSPS) is 14.8. The van der Waals surface area contributed by atoms with Gasteiger partial charge in [0.15, 0.2) is 0 Å². The van der Waals surface area contributed by atoms with Gasteiger partial charge >= 0.3 is 0 Å². The third-order valence-corrected chi connectivity index (χ3v) is 3.88. The molecule has 1 saturated carbocycles. The van der Waals surface area contributed by atoms with Crippen LogP contribution in [0.2, 0.25) is 0 Å². The van der Waals surface area contributed by atoms with E-state index in [9.17, 15) is 0 Å². The summed E-state index contributed by atoms with van der Waals surface area (Å²) in [7, 11) is 0. The SMILES string of the molecule is CCc1ccc(-c2nc(CC)n(C3CC3)c2N)cc1. The Morgan fingerprint density at radius 3 is 2.37 bits per heavy atom. The maximum absolute atomic E-state index is 6.32. The van der Waals surface area contributed by atoms with Gasteiger partial charge in [-0.2, -0.15) is 0 Å². The van der Waals surface area contributed by atoms with Crippen molar-refractivity contribution in [2.45, 2.75) is 45.6 Å². The number of aryl methyl sites for hydroxylation is 2. The molecule has 0 atom stereocenters. The van der Waals surface area contributed by atoms with Crippen molar-refractivity contribution in [3.63, 3.8) is 0 Å². The molecule has 3 heteroatoms. The zero-order valence-corrected chi connectivity index (χ0v) is 11.7.